The van der Waals surface area contributed by atoms with E-state index < -0.39 is 4.92 Å². The van der Waals surface area contributed by atoms with E-state index in [1.165, 1.54) is 6.07 Å². The van der Waals surface area contributed by atoms with E-state index in [1.807, 2.05) is 13.0 Å². The number of non-ortho nitro benzene ring substituents is 1. The summed E-state index contributed by atoms with van der Waals surface area (Å²) < 4.78 is 5.30. The van der Waals surface area contributed by atoms with Crippen LogP contribution in [0, 0.1) is 10.1 Å². The van der Waals surface area contributed by atoms with Crippen molar-refractivity contribution in [3.8, 4) is 5.88 Å². The van der Waals surface area contributed by atoms with Crippen molar-refractivity contribution in [2.45, 2.75) is 13.5 Å². The second-order valence-electron chi connectivity index (χ2n) is 4.58. The lowest BCUT2D eigenvalue weighted by Crippen LogP contribution is -2.03. The summed E-state index contributed by atoms with van der Waals surface area (Å²) in [6.07, 6.45) is 1.68. The largest absolute Gasteiger partial charge is 0.478 e. The van der Waals surface area contributed by atoms with Gasteiger partial charge in [0.15, 0.2) is 0 Å². The number of nitrogens with zero attached hydrogens (tertiary/aromatic N) is 3. The molecule has 0 amide bonds. The van der Waals surface area contributed by atoms with Gasteiger partial charge < -0.3 is 4.74 Å². The Morgan fingerprint density at radius 1 is 1.33 bits per heavy atom. The van der Waals surface area contributed by atoms with Crippen LogP contribution in [0.3, 0.4) is 0 Å². The molecule has 1 aromatic carbocycles. The smallest absolute Gasteiger partial charge is 0.270 e. The molecule has 0 atom stereocenters. The van der Waals surface area contributed by atoms with Gasteiger partial charge in [-0.25, -0.2) is 4.98 Å². The first-order chi connectivity index (χ1) is 10.2. The fourth-order valence-corrected chi connectivity index (χ4v) is 2.29. The highest BCUT2D eigenvalue weighted by atomic mass is 16.6. The first-order valence-electron chi connectivity index (χ1n) is 6.60. The third kappa shape index (κ3) is 2.47. The minimum Gasteiger partial charge on any atom is -0.478 e. The zero-order valence-electron chi connectivity index (χ0n) is 11.4. The van der Waals surface area contributed by atoms with Crippen LogP contribution in [0.4, 0.5) is 5.69 Å². The summed E-state index contributed by atoms with van der Waals surface area (Å²) in [4.78, 5) is 19.2. The number of nitro benzene ring substituents is 1. The highest BCUT2D eigenvalue weighted by molar-refractivity contribution is 6.15. The van der Waals surface area contributed by atoms with Crippen molar-refractivity contribution in [3.63, 3.8) is 0 Å². The van der Waals surface area contributed by atoms with Gasteiger partial charge in [0.25, 0.3) is 5.69 Å². The molecule has 1 aliphatic heterocycles. The molecule has 0 fully saturated rings. The number of fused-ring (bicyclic) bond motifs is 1. The molecule has 2 heterocycles. The van der Waals surface area contributed by atoms with Gasteiger partial charge in [0.05, 0.1) is 23.8 Å². The number of aliphatic imine (C=N–C) groups is 1. The third-order valence-electron chi connectivity index (χ3n) is 3.27. The van der Waals surface area contributed by atoms with Crippen LogP contribution in [0.1, 0.15) is 23.6 Å². The number of aromatic nitrogens is 1. The van der Waals surface area contributed by atoms with Gasteiger partial charge in [0.1, 0.15) is 0 Å². The molecular weight excluding hydrogens is 270 g/mol. The van der Waals surface area contributed by atoms with E-state index >= 15 is 0 Å². The van der Waals surface area contributed by atoms with Crippen LogP contribution >= 0.6 is 0 Å². The van der Waals surface area contributed by atoms with E-state index in [0.717, 1.165) is 22.4 Å². The number of rotatable bonds is 4. The molecule has 3 rings (SSSR count). The van der Waals surface area contributed by atoms with Crippen LogP contribution in [0.25, 0.3) is 0 Å². The summed E-state index contributed by atoms with van der Waals surface area (Å²) >= 11 is 0. The highest BCUT2D eigenvalue weighted by Crippen LogP contribution is 2.27. The predicted octanol–water partition coefficient (Wildman–Crippen LogP) is 2.74. The van der Waals surface area contributed by atoms with Crippen LogP contribution in [0.5, 0.6) is 5.88 Å². The summed E-state index contributed by atoms with van der Waals surface area (Å²) in [6.45, 7) is 2.99. The van der Waals surface area contributed by atoms with E-state index in [9.17, 15) is 10.1 Å². The molecule has 6 heteroatoms. The Hall–Kier alpha value is -2.76. The van der Waals surface area contributed by atoms with Gasteiger partial charge >= 0.3 is 0 Å². The summed E-state index contributed by atoms with van der Waals surface area (Å²) in [5.41, 5.74) is 3.43. The molecule has 2 aromatic rings. The van der Waals surface area contributed by atoms with E-state index in [1.54, 1.807) is 24.4 Å². The average Bonchev–Trinajstić information content (AvgIpc) is 2.91. The maximum absolute atomic E-state index is 10.9. The van der Waals surface area contributed by atoms with Crippen molar-refractivity contribution in [2.75, 3.05) is 6.61 Å². The second kappa shape index (κ2) is 5.32. The Morgan fingerprint density at radius 2 is 2.19 bits per heavy atom. The molecular formula is C15H13N3O3. The minimum atomic E-state index is -0.396. The maximum Gasteiger partial charge on any atom is 0.270 e. The van der Waals surface area contributed by atoms with Gasteiger partial charge in [-0.3, -0.25) is 15.1 Å². The van der Waals surface area contributed by atoms with Gasteiger partial charge in [-0.2, -0.15) is 0 Å². The van der Waals surface area contributed by atoms with Crippen molar-refractivity contribution in [2.24, 2.45) is 4.99 Å². The molecule has 0 radical (unpaired) electrons. The normalized spacial score (nSPS) is 12.7. The van der Waals surface area contributed by atoms with Crippen LogP contribution in [-0.4, -0.2) is 22.2 Å². The van der Waals surface area contributed by atoms with Crippen LogP contribution in [0.2, 0.25) is 0 Å². The molecule has 0 saturated heterocycles. The third-order valence-corrected chi connectivity index (χ3v) is 3.27. The van der Waals surface area contributed by atoms with Crippen molar-refractivity contribution >= 4 is 11.4 Å². The Bertz CT molecular complexity index is 723. The first-order valence-corrected chi connectivity index (χ1v) is 6.60. The Morgan fingerprint density at radius 3 is 2.86 bits per heavy atom. The fourth-order valence-electron chi connectivity index (χ4n) is 2.29. The first kappa shape index (κ1) is 13.2. The van der Waals surface area contributed by atoms with Crippen LogP contribution in [0.15, 0.2) is 41.5 Å². The molecule has 0 unspecified atom stereocenters. The Labute approximate surface area is 121 Å². The van der Waals surface area contributed by atoms with Gasteiger partial charge in [-0.15, -0.1) is 0 Å². The number of hydrogen-bond donors (Lipinski definition) is 0. The second-order valence-corrected chi connectivity index (χ2v) is 4.58. The lowest BCUT2D eigenvalue weighted by molar-refractivity contribution is -0.384. The molecule has 1 aromatic heterocycles. The quantitative estimate of drug-likeness (QED) is 0.638. The molecule has 6 nitrogen and oxygen atoms in total. The molecule has 0 saturated carbocycles. The summed E-state index contributed by atoms with van der Waals surface area (Å²) in [5.74, 6) is 0.555. The highest BCUT2D eigenvalue weighted by Gasteiger charge is 2.20. The average molecular weight is 283 g/mol. The van der Waals surface area contributed by atoms with Crippen LogP contribution in [-0.2, 0) is 6.54 Å². The van der Waals surface area contributed by atoms with E-state index in [0.29, 0.717) is 19.0 Å². The van der Waals surface area contributed by atoms with Gasteiger partial charge in [-0.1, -0.05) is 0 Å². The van der Waals surface area contributed by atoms with Crippen molar-refractivity contribution < 1.29 is 9.66 Å². The van der Waals surface area contributed by atoms with E-state index in [2.05, 4.69) is 9.98 Å². The van der Waals surface area contributed by atoms with E-state index in [-0.39, 0.29) is 5.69 Å². The topological polar surface area (TPSA) is 77.6 Å². The number of benzene rings is 1. The summed E-state index contributed by atoms with van der Waals surface area (Å²) in [7, 11) is 0. The minimum absolute atomic E-state index is 0.0715. The van der Waals surface area contributed by atoms with Crippen molar-refractivity contribution in [1.29, 1.82) is 0 Å². The van der Waals surface area contributed by atoms with Crippen molar-refractivity contribution in [1.82, 2.24) is 4.98 Å². The van der Waals surface area contributed by atoms with Gasteiger partial charge in [0, 0.05) is 35.5 Å². The van der Waals surface area contributed by atoms with Gasteiger partial charge in [-0.05, 0) is 24.6 Å². The predicted molar refractivity (Wildman–Crippen MR) is 77.8 cm³/mol. The zero-order valence-corrected chi connectivity index (χ0v) is 11.4. The lowest BCUT2D eigenvalue weighted by Gasteiger charge is -2.05. The molecule has 1 aliphatic rings. The molecule has 0 spiro atoms. The maximum atomic E-state index is 10.9. The molecule has 0 aliphatic carbocycles. The standard InChI is InChI=1S/C15H13N3O3/c1-2-21-14-6-4-11(9-16-14)15-13-7-12(18(19)20)5-3-10(13)8-17-15/h3-7,9H,2,8H2,1H3. The summed E-state index contributed by atoms with van der Waals surface area (Å²) in [5, 5.41) is 10.9. The Kier molecular flexibility index (Phi) is 3.35. The number of nitro groups is 1. The summed E-state index contributed by atoms with van der Waals surface area (Å²) in [6, 6.07) is 8.47. The monoisotopic (exact) mass is 283 g/mol. The number of pyridine rings is 1. The van der Waals surface area contributed by atoms with Crippen LogP contribution < -0.4 is 4.74 Å². The van der Waals surface area contributed by atoms with Crippen molar-refractivity contribution in [3.05, 3.63) is 63.3 Å². The number of ether oxygens (including phenoxy) is 1. The zero-order chi connectivity index (χ0) is 14.8. The molecule has 0 bridgehead atoms. The SMILES string of the molecule is CCOc1ccc(C2=NCc3ccc([N+](=O)[O-])cc32)cn1. The van der Waals surface area contributed by atoms with Gasteiger partial charge in [0.2, 0.25) is 5.88 Å². The Balaban J connectivity index is 1.96. The lowest BCUT2D eigenvalue weighted by atomic mass is 10.0. The fraction of sp³-hybridized carbons (Fsp3) is 0.200. The molecule has 0 N–H and O–H groups in total. The number of hydrogen-bond acceptors (Lipinski definition) is 5. The van der Waals surface area contributed by atoms with E-state index in [4.69, 9.17) is 4.74 Å². The molecule has 106 valence electrons. The molecule has 21 heavy (non-hydrogen) atoms.